The molecule has 4 heteroatoms. The second-order valence-corrected chi connectivity index (χ2v) is 3.60. The van der Waals surface area contributed by atoms with E-state index in [0.29, 0.717) is 17.7 Å². The summed E-state index contributed by atoms with van der Waals surface area (Å²) in [6.45, 7) is 0. The van der Waals surface area contributed by atoms with Crippen LogP contribution in [0.1, 0.15) is 6.42 Å². The molecule has 3 rings (SSSR count). The smallest absolute Gasteiger partial charge is 0.188 e. The number of ketones is 2. The van der Waals surface area contributed by atoms with Crippen LogP contribution in [0.4, 0.5) is 0 Å². The Morgan fingerprint density at radius 2 is 1.94 bits per heavy atom. The van der Waals surface area contributed by atoms with Crippen molar-refractivity contribution in [2.75, 3.05) is 0 Å². The van der Waals surface area contributed by atoms with Gasteiger partial charge in [0.1, 0.15) is 0 Å². The Morgan fingerprint density at radius 3 is 2.75 bits per heavy atom. The molecule has 1 heterocycles. The Balaban J connectivity index is 0.000000963. The molecule has 16 heavy (non-hydrogen) atoms. The predicted octanol–water partition coefficient (Wildman–Crippen LogP) is 1.71. The second-order valence-electron chi connectivity index (χ2n) is 3.60. The summed E-state index contributed by atoms with van der Waals surface area (Å²) in [4.78, 5) is 27.2. The fraction of sp³-hybridized carbons (Fsp3) is 0.0833. The van der Waals surface area contributed by atoms with Gasteiger partial charge in [0, 0.05) is 6.42 Å². The molecular formula is C12H8ClNO2. The molecule has 0 bridgehead atoms. The van der Waals surface area contributed by atoms with E-state index < -0.39 is 0 Å². The Morgan fingerprint density at radius 1 is 1.12 bits per heavy atom. The average molecular weight is 234 g/mol. The first-order chi connectivity index (χ1) is 7.25. The van der Waals surface area contributed by atoms with Gasteiger partial charge in [0.15, 0.2) is 11.6 Å². The third-order valence-electron chi connectivity index (χ3n) is 2.63. The van der Waals surface area contributed by atoms with E-state index in [0.717, 1.165) is 11.3 Å². The molecule has 2 aliphatic carbocycles. The summed E-state index contributed by atoms with van der Waals surface area (Å²) < 4.78 is 0. The predicted molar refractivity (Wildman–Crippen MR) is 62.7 cm³/mol. The minimum Gasteiger partial charge on any atom is -0.294 e. The first-order valence-electron chi connectivity index (χ1n) is 4.72. The highest BCUT2D eigenvalue weighted by Crippen LogP contribution is 2.32. The molecule has 1 aliphatic heterocycles. The van der Waals surface area contributed by atoms with Crippen molar-refractivity contribution in [2.45, 2.75) is 6.42 Å². The van der Waals surface area contributed by atoms with E-state index in [-0.39, 0.29) is 24.0 Å². The highest BCUT2D eigenvalue weighted by atomic mass is 35.5. The Bertz CT molecular complexity index is 547. The van der Waals surface area contributed by atoms with Crippen molar-refractivity contribution in [3.8, 4) is 0 Å². The van der Waals surface area contributed by atoms with Gasteiger partial charge in [-0.1, -0.05) is 6.08 Å². The van der Waals surface area contributed by atoms with Gasteiger partial charge in [-0.15, -0.1) is 12.4 Å². The van der Waals surface area contributed by atoms with Crippen LogP contribution in [0.5, 0.6) is 0 Å². The molecule has 0 spiro atoms. The molecular weight excluding hydrogens is 226 g/mol. The number of allylic oxidation sites excluding steroid dienone is 7. The SMILES string of the molecule is Cl.O=C1C=CC2=NC3=CC=CC(=O)C3=C2C1. The van der Waals surface area contributed by atoms with Gasteiger partial charge in [-0.3, -0.25) is 9.59 Å². The van der Waals surface area contributed by atoms with Gasteiger partial charge in [0.2, 0.25) is 0 Å². The van der Waals surface area contributed by atoms with Crippen LogP contribution in [0.25, 0.3) is 0 Å². The van der Waals surface area contributed by atoms with Crippen LogP contribution in [0.3, 0.4) is 0 Å². The fourth-order valence-corrected chi connectivity index (χ4v) is 1.96. The summed E-state index contributed by atoms with van der Waals surface area (Å²) in [5.74, 6) is -0.0237. The lowest BCUT2D eigenvalue weighted by atomic mass is 9.91. The third-order valence-corrected chi connectivity index (χ3v) is 2.63. The van der Waals surface area contributed by atoms with Gasteiger partial charge >= 0.3 is 0 Å². The summed E-state index contributed by atoms with van der Waals surface area (Å²) >= 11 is 0. The van der Waals surface area contributed by atoms with Crippen molar-refractivity contribution in [3.05, 3.63) is 47.2 Å². The number of carbonyl (C=O) groups excluding carboxylic acids is 2. The van der Waals surface area contributed by atoms with E-state index in [9.17, 15) is 9.59 Å². The van der Waals surface area contributed by atoms with Gasteiger partial charge in [-0.05, 0) is 29.9 Å². The molecule has 0 atom stereocenters. The van der Waals surface area contributed by atoms with E-state index in [1.165, 1.54) is 12.2 Å². The van der Waals surface area contributed by atoms with Crippen molar-refractivity contribution < 1.29 is 9.59 Å². The zero-order chi connectivity index (χ0) is 10.4. The highest BCUT2D eigenvalue weighted by Gasteiger charge is 2.30. The molecule has 0 aromatic heterocycles. The number of rotatable bonds is 0. The molecule has 0 amide bonds. The van der Waals surface area contributed by atoms with E-state index in [1.807, 2.05) is 0 Å². The summed E-state index contributed by atoms with van der Waals surface area (Å²) in [5, 5.41) is 0. The number of halogens is 1. The van der Waals surface area contributed by atoms with Crippen molar-refractivity contribution >= 4 is 29.7 Å². The monoisotopic (exact) mass is 233 g/mol. The Kier molecular flexibility index (Phi) is 2.48. The zero-order valence-electron chi connectivity index (χ0n) is 8.27. The summed E-state index contributed by atoms with van der Waals surface area (Å²) in [7, 11) is 0. The maximum absolute atomic E-state index is 11.6. The largest absolute Gasteiger partial charge is 0.294 e. The number of hydrogen-bond acceptors (Lipinski definition) is 3. The van der Waals surface area contributed by atoms with Crippen LogP contribution >= 0.6 is 12.4 Å². The molecule has 0 fully saturated rings. The highest BCUT2D eigenvalue weighted by molar-refractivity contribution is 6.26. The van der Waals surface area contributed by atoms with Crippen LogP contribution in [0.2, 0.25) is 0 Å². The van der Waals surface area contributed by atoms with Crippen LogP contribution in [0.15, 0.2) is 52.2 Å². The first kappa shape index (κ1) is 10.8. The number of carbonyl (C=O) groups is 2. The summed E-state index contributed by atoms with van der Waals surface area (Å²) in [6.07, 6.45) is 8.48. The van der Waals surface area contributed by atoms with Crippen LogP contribution < -0.4 is 0 Å². The normalized spacial score (nSPS) is 21.2. The molecule has 0 radical (unpaired) electrons. The Labute approximate surface area is 98.3 Å². The van der Waals surface area contributed by atoms with Gasteiger partial charge in [-0.25, -0.2) is 4.99 Å². The minimum absolute atomic E-state index is 0. The van der Waals surface area contributed by atoms with E-state index in [1.54, 1.807) is 18.2 Å². The molecule has 0 N–H and O–H groups in total. The third kappa shape index (κ3) is 1.41. The lowest BCUT2D eigenvalue weighted by molar-refractivity contribution is -0.114. The second kappa shape index (κ2) is 3.68. The molecule has 0 saturated carbocycles. The van der Waals surface area contributed by atoms with Crippen molar-refractivity contribution in [1.82, 2.24) is 0 Å². The molecule has 0 aromatic rings. The van der Waals surface area contributed by atoms with Gasteiger partial charge in [0.05, 0.1) is 17.0 Å². The number of fused-ring (bicyclic) bond motifs is 2. The van der Waals surface area contributed by atoms with E-state index >= 15 is 0 Å². The van der Waals surface area contributed by atoms with E-state index in [2.05, 4.69) is 4.99 Å². The number of aliphatic imine (C=N–C) groups is 1. The van der Waals surface area contributed by atoms with Crippen molar-refractivity contribution in [2.24, 2.45) is 4.99 Å². The van der Waals surface area contributed by atoms with Gasteiger partial charge < -0.3 is 0 Å². The summed E-state index contributed by atoms with van der Waals surface area (Å²) in [5.41, 5.74) is 2.83. The molecule has 3 aliphatic rings. The maximum atomic E-state index is 11.6. The molecule has 80 valence electrons. The zero-order valence-corrected chi connectivity index (χ0v) is 9.08. The van der Waals surface area contributed by atoms with Crippen LogP contribution in [-0.4, -0.2) is 17.3 Å². The minimum atomic E-state index is -0.0515. The van der Waals surface area contributed by atoms with Gasteiger partial charge in [-0.2, -0.15) is 0 Å². The maximum Gasteiger partial charge on any atom is 0.188 e. The van der Waals surface area contributed by atoms with Crippen molar-refractivity contribution in [3.63, 3.8) is 0 Å². The molecule has 0 aromatic carbocycles. The average Bonchev–Trinajstić information content (AvgIpc) is 2.57. The Hall–Kier alpha value is -1.74. The molecule has 3 nitrogen and oxygen atoms in total. The fourth-order valence-electron chi connectivity index (χ4n) is 1.96. The topological polar surface area (TPSA) is 46.5 Å². The number of hydrogen-bond donors (Lipinski definition) is 0. The first-order valence-corrected chi connectivity index (χ1v) is 4.72. The number of nitrogens with zero attached hydrogens (tertiary/aromatic N) is 1. The van der Waals surface area contributed by atoms with Crippen molar-refractivity contribution in [1.29, 1.82) is 0 Å². The lowest BCUT2D eigenvalue weighted by Crippen LogP contribution is -2.12. The van der Waals surface area contributed by atoms with Crippen LogP contribution in [0, 0.1) is 0 Å². The molecule has 0 unspecified atom stereocenters. The lowest BCUT2D eigenvalue weighted by Gasteiger charge is -2.08. The quantitative estimate of drug-likeness (QED) is 0.640. The van der Waals surface area contributed by atoms with Crippen LogP contribution in [-0.2, 0) is 9.59 Å². The van der Waals surface area contributed by atoms with E-state index in [4.69, 9.17) is 0 Å². The summed E-state index contributed by atoms with van der Waals surface area (Å²) in [6, 6.07) is 0. The van der Waals surface area contributed by atoms with Gasteiger partial charge in [0.25, 0.3) is 0 Å². The molecule has 0 saturated heterocycles. The standard InChI is InChI=1S/C12H7NO2.ClH/c14-7-4-5-9-8(6-7)12-10(13-9)2-1-3-11(12)15;/h1-5H,6H2;1H.